The molecule has 20 heavy (non-hydrogen) atoms. The van der Waals surface area contributed by atoms with E-state index in [2.05, 4.69) is 50.5 Å². The molecule has 1 saturated carbocycles. The average Bonchev–Trinajstić information content (AvgIpc) is 3.01. The maximum Gasteiger partial charge on any atom is 0.213 e. The predicted octanol–water partition coefficient (Wildman–Crippen LogP) is 2.32. The van der Waals surface area contributed by atoms with E-state index in [0.29, 0.717) is 12.4 Å². The van der Waals surface area contributed by atoms with Crippen LogP contribution in [0.4, 0.5) is 0 Å². The molecule has 3 aromatic rings. The summed E-state index contributed by atoms with van der Waals surface area (Å²) in [5.41, 5.74) is 2.53. The molecule has 2 heterocycles. The number of nitrogens with one attached hydrogen (secondary N) is 1. The third-order valence-electron chi connectivity index (χ3n) is 3.73. The molecular weight excluding hydrogens is 252 g/mol. The number of aromatic nitrogens is 3. The van der Waals surface area contributed by atoms with Gasteiger partial charge >= 0.3 is 0 Å². The number of fused-ring (bicyclic) bond motifs is 1. The highest BCUT2D eigenvalue weighted by Crippen LogP contribution is 2.21. The van der Waals surface area contributed by atoms with Gasteiger partial charge in [-0.05, 0) is 35.9 Å². The van der Waals surface area contributed by atoms with Gasteiger partial charge in [0, 0.05) is 24.3 Å². The lowest BCUT2D eigenvalue weighted by Gasteiger charge is -2.06. The first-order valence-electron chi connectivity index (χ1n) is 6.95. The largest absolute Gasteiger partial charge is 0.343 e. The van der Waals surface area contributed by atoms with E-state index in [1.54, 1.807) is 0 Å². The summed E-state index contributed by atoms with van der Waals surface area (Å²) in [6.45, 7) is 1.58. The molecule has 0 unspecified atom stereocenters. The van der Waals surface area contributed by atoms with E-state index in [9.17, 15) is 0 Å². The van der Waals surface area contributed by atoms with E-state index in [1.165, 1.54) is 35.7 Å². The molecule has 1 aliphatic rings. The molecule has 0 spiro atoms. The van der Waals surface area contributed by atoms with Gasteiger partial charge in [-0.3, -0.25) is 0 Å². The summed E-state index contributed by atoms with van der Waals surface area (Å²) in [5.74, 6) is 0.698. The molecule has 5 heteroatoms. The first kappa shape index (κ1) is 11.7. The summed E-state index contributed by atoms with van der Waals surface area (Å²) in [6.07, 6.45) is 6.07. The molecule has 0 atom stereocenters. The monoisotopic (exact) mass is 268 g/mol. The number of rotatable bonds is 5. The van der Waals surface area contributed by atoms with Gasteiger partial charge in [-0.25, -0.2) is 0 Å². The third kappa shape index (κ3) is 2.32. The maximum absolute atomic E-state index is 4.79. The van der Waals surface area contributed by atoms with E-state index in [0.717, 1.165) is 12.6 Å². The highest BCUT2D eigenvalue weighted by molar-refractivity contribution is 5.80. The minimum atomic E-state index is 0.638. The van der Waals surface area contributed by atoms with Gasteiger partial charge in [0.2, 0.25) is 6.39 Å². The molecule has 1 N–H and O–H groups in total. The molecule has 0 radical (unpaired) electrons. The lowest BCUT2D eigenvalue weighted by Crippen LogP contribution is -2.15. The van der Waals surface area contributed by atoms with Gasteiger partial charge in [-0.15, -0.1) is 0 Å². The van der Waals surface area contributed by atoms with Gasteiger partial charge in [0.05, 0.1) is 6.54 Å². The molecule has 0 bridgehead atoms. The molecule has 1 aliphatic carbocycles. The smallest absolute Gasteiger partial charge is 0.213 e. The van der Waals surface area contributed by atoms with E-state index >= 15 is 0 Å². The number of hydrogen-bond acceptors (Lipinski definition) is 4. The fourth-order valence-electron chi connectivity index (χ4n) is 2.44. The predicted molar refractivity (Wildman–Crippen MR) is 75.2 cm³/mol. The van der Waals surface area contributed by atoms with E-state index in [-0.39, 0.29) is 0 Å². The van der Waals surface area contributed by atoms with Gasteiger partial charge in [-0.1, -0.05) is 17.3 Å². The van der Waals surface area contributed by atoms with Crippen LogP contribution >= 0.6 is 0 Å². The van der Waals surface area contributed by atoms with Crippen LogP contribution in [0.5, 0.6) is 0 Å². The number of hydrogen-bond donors (Lipinski definition) is 1. The zero-order valence-corrected chi connectivity index (χ0v) is 11.1. The van der Waals surface area contributed by atoms with Crippen molar-refractivity contribution in [3.63, 3.8) is 0 Å². The Morgan fingerprint density at radius 1 is 1.30 bits per heavy atom. The van der Waals surface area contributed by atoms with Crippen LogP contribution in [0.3, 0.4) is 0 Å². The van der Waals surface area contributed by atoms with Crippen molar-refractivity contribution in [2.24, 2.45) is 0 Å². The molecule has 5 nitrogen and oxygen atoms in total. The van der Waals surface area contributed by atoms with Crippen LogP contribution < -0.4 is 5.32 Å². The topological polar surface area (TPSA) is 55.9 Å². The Bertz CT molecular complexity index is 713. The Morgan fingerprint density at radius 3 is 3.05 bits per heavy atom. The van der Waals surface area contributed by atoms with Crippen molar-refractivity contribution in [1.29, 1.82) is 0 Å². The molecule has 1 fully saturated rings. The van der Waals surface area contributed by atoms with Crippen LogP contribution in [0, 0.1) is 0 Å². The maximum atomic E-state index is 4.79. The van der Waals surface area contributed by atoms with Crippen LogP contribution in [-0.4, -0.2) is 20.7 Å². The fraction of sp³-hybridized carbons (Fsp3) is 0.333. The minimum absolute atomic E-state index is 0.638. The first-order valence-corrected chi connectivity index (χ1v) is 6.95. The molecular formula is C15H16N4O. The van der Waals surface area contributed by atoms with Gasteiger partial charge in [0.25, 0.3) is 0 Å². The van der Waals surface area contributed by atoms with Gasteiger partial charge < -0.3 is 14.4 Å². The molecule has 0 aliphatic heterocycles. The Morgan fingerprint density at radius 2 is 2.25 bits per heavy atom. The second kappa shape index (κ2) is 4.76. The summed E-state index contributed by atoms with van der Waals surface area (Å²) in [7, 11) is 0. The van der Waals surface area contributed by atoms with Crippen molar-refractivity contribution in [3.8, 4) is 0 Å². The van der Waals surface area contributed by atoms with Crippen LogP contribution in [0.2, 0.25) is 0 Å². The number of nitrogens with zero attached hydrogens (tertiary/aromatic N) is 3. The van der Waals surface area contributed by atoms with Crippen molar-refractivity contribution in [1.82, 2.24) is 20.0 Å². The zero-order valence-electron chi connectivity index (χ0n) is 11.1. The zero-order chi connectivity index (χ0) is 13.4. The molecule has 0 saturated heterocycles. The lowest BCUT2D eigenvalue weighted by molar-refractivity contribution is 0.408. The average molecular weight is 268 g/mol. The summed E-state index contributed by atoms with van der Waals surface area (Å²) >= 11 is 0. The summed E-state index contributed by atoms with van der Waals surface area (Å²) in [6, 6.07) is 9.46. The Hall–Kier alpha value is -2.14. The molecule has 2 aromatic heterocycles. The molecule has 1 aromatic carbocycles. The fourth-order valence-corrected chi connectivity index (χ4v) is 2.44. The van der Waals surface area contributed by atoms with Crippen molar-refractivity contribution in [2.75, 3.05) is 0 Å². The van der Waals surface area contributed by atoms with Crippen LogP contribution in [0.1, 0.15) is 24.2 Å². The Kier molecular flexibility index (Phi) is 2.77. The van der Waals surface area contributed by atoms with E-state index < -0.39 is 0 Å². The summed E-state index contributed by atoms with van der Waals surface area (Å²) in [5, 5.41) is 8.65. The lowest BCUT2D eigenvalue weighted by atomic mass is 10.1. The Balaban J connectivity index is 1.61. The van der Waals surface area contributed by atoms with Gasteiger partial charge in [0.1, 0.15) is 0 Å². The van der Waals surface area contributed by atoms with Crippen molar-refractivity contribution in [3.05, 3.63) is 48.2 Å². The van der Waals surface area contributed by atoms with Crippen molar-refractivity contribution < 1.29 is 4.52 Å². The van der Waals surface area contributed by atoms with Crippen LogP contribution in [-0.2, 0) is 13.1 Å². The first-order chi connectivity index (χ1) is 9.88. The van der Waals surface area contributed by atoms with Gasteiger partial charge in [-0.2, -0.15) is 4.98 Å². The van der Waals surface area contributed by atoms with E-state index in [1.807, 2.05) is 0 Å². The SMILES string of the molecule is c1nc(Cn2ccc3ccc(CNC4CC4)cc32)no1. The quantitative estimate of drug-likeness (QED) is 0.771. The third-order valence-corrected chi connectivity index (χ3v) is 3.73. The summed E-state index contributed by atoms with van der Waals surface area (Å²) in [4.78, 5) is 4.08. The normalized spacial score (nSPS) is 15.0. The Labute approximate surface area is 116 Å². The summed E-state index contributed by atoms with van der Waals surface area (Å²) < 4.78 is 6.94. The van der Waals surface area contributed by atoms with E-state index in [4.69, 9.17) is 4.52 Å². The van der Waals surface area contributed by atoms with Crippen LogP contribution in [0.15, 0.2) is 41.4 Å². The van der Waals surface area contributed by atoms with Crippen LogP contribution in [0.25, 0.3) is 10.9 Å². The molecule has 4 rings (SSSR count). The number of benzene rings is 1. The van der Waals surface area contributed by atoms with Gasteiger partial charge in [0.15, 0.2) is 5.82 Å². The second-order valence-electron chi connectivity index (χ2n) is 5.34. The minimum Gasteiger partial charge on any atom is -0.343 e. The second-order valence-corrected chi connectivity index (χ2v) is 5.34. The molecule has 102 valence electrons. The van der Waals surface area contributed by atoms with Crippen molar-refractivity contribution >= 4 is 10.9 Å². The standard InChI is InChI=1S/C15H16N4O/c1-2-12-5-6-19(9-15-17-10-20-18-15)14(12)7-11(1)8-16-13-3-4-13/h1-2,5-7,10,13,16H,3-4,8-9H2. The molecule has 0 amide bonds. The highest BCUT2D eigenvalue weighted by Gasteiger charge is 2.19. The highest BCUT2D eigenvalue weighted by atomic mass is 16.5. The van der Waals surface area contributed by atoms with Crippen molar-refractivity contribution in [2.45, 2.75) is 32.0 Å².